The van der Waals surface area contributed by atoms with Gasteiger partial charge >= 0.3 is 0 Å². The molecule has 0 aromatic heterocycles. The molecule has 4 atom stereocenters. The molecule has 1 aliphatic heterocycles. The lowest BCUT2D eigenvalue weighted by Gasteiger charge is -2.44. The average Bonchev–Trinajstić information content (AvgIpc) is 3.43. The van der Waals surface area contributed by atoms with Crippen molar-refractivity contribution in [3.05, 3.63) is 107 Å². The fraction of sp³-hybridized carbons (Fsp3) is 0.478. The van der Waals surface area contributed by atoms with E-state index in [1.807, 2.05) is 30.3 Å². The first-order valence-electron chi connectivity index (χ1n) is 20.1. The maximum absolute atomic E-state index is 14.3. The Balaban J connectivity index is 1.41. The van der Waals surface area contributed by atoms with Crippen LogP contribution in [0, 0.1) is 17.8 Å². The van der Waals surface area contributed by atoms with Gasteiger partial charge in [-0.25, -0.2) is 0 Å². The zero-order valence-electron chi connectivity index (χ0n) is 32.5. The van der Waals surface area contributed by atoms with Crippen LogP contribution in [0.25, 0.3) is 6.08 Å². The molecular weight excluding hydrogens is 691 g/mol. The van der Waals surface area contributed by atoms with Gasteiger partial charge in [-0.3, -0.25) is 14.5 Å². The molecule has 3 N–H and O–H groups in total. The summed E-state index contributed by atoms with van der Waals surface area (Å²) in [5.74, 6) is -2.12. The van der Waals surface area contributed by atoms with E-state index in [4.69, 9.17) is 4.43 Å². The summed E-state index contributed by atoms with van der Waals surface area (Å²) < 4.78 is 7.43. The van der Waals surface area contributed by atoms with Crippen molar-refractivity contribution in [2.45, 2.75) is 109 Å². The highest BCUT2D eigenvalue weighted by Gasteiger charge is 2.57. The number of hydrogen-bond acceptors (Lipinski definition) is 6. The normalized spacial score (nSPS) is 22.1. The van der Waals surface area contributed by atoms with Crippen molar-refractivity contribution in [3.8, 4) is 5.75 Å². The van der Waals surface area contributed by atoms with E-state index >= 15 is 0 Å². The molecule has 0 spiro atoms. The molecule has 3 aliphatic rings. The number of rotatable bonds is 14. The highest BCUT2D eigenvalue weighted by atomic mass is 28.4. The molecular formula is C46H59NO6Si. The lowest BCUT2D eigenvalue weighted by atomic mass is 9.68. The second-order valence-corrected chi connectivity index (χ2v) is 20.9. The minimum Gasteiger partial charge on any atom is -0.507 e. The Hall–Kier alpha value is -3.82. The third-order valence-corrected chi connectivity index (χ3v) is 17.2. The summed E-state index contributed by atoms with van der Waals surface area (Å²) >= 11 is 0. The molecule has 0 bridgehead atoms. The molecule has 2 amide bonds. The van der Waals surface area contributed by atoms with Crippen LogP contribution in [0.5, 0.6) is 5.75 Å². The molecule has 54 heavy (non-hydrogen) atoms. The first kappa shape index (κ1) is 39.9. The molecule has 7 nitrogen and oxygen atoms in total. The van der Waals surface area contributed by atoms with E-state index < -0.39 is 32.2 Å². The predicted molar refractivity (Wildman–Crippen MR) is 218 cm³/mol. The van der Waals surface area contributed by atoms with Crippen LogP contribution in [0.2, 0.25) is 5.04 Å². The van der Waals surface area contributed by atoms with Gasteiger partial charge in [-0.1, -0.05) is 144 Å². The Morgan fingerprint density at radius 3 is 2.07 bits per heavy atom. The van der Waals surface area contributed by atoms with E-state index in [-0.39, 0.29) is 41.9 Å². The van der Waals surface area contributed by atoms with Gasteiger partial charge in [0.05, 0.1) is 31.2 Å². The predicted octanol–water partition coefficient (Wildman–Crippen LogP) is 7.54. The first-order chi connectivity index (χ1) is 26.0. The van der Waals surface area contributed by atoms with Crippen LogP contribution in [0.3, 0.4) is 0 Å². The number of hydrogen-bond donors (Lipinski definition) is 3. The van der Waals surface area contributed by atoms with Gasteiger partial charge in [0.2, 0.25) is 11.8 Å². The fourth-order valence-electron chi connectivity index (χ4n) is 9.67. The van der Waals surface area contributed by atoms with Gasteiger partial charge in [0, 0.05) is 17.5 Å². The second-order valence-electron chi connectivity index (χ2n) is 16.6. The summed E-state index contributed by atoms with van der Waals surface area (Å²) in [6.45, 7) is 8.63. The largest absolute Gasteiger partial charge is 0.507 e. The first-order valence-corrected chi connectivity index (χ1v) is 22.0. The lowest BCUT2D eigenvalue weighted by Crippen LogP contribution is -2.66. The molecule has 2 fully saturated rings. The number of para-hydroxylation sites is 1. The molecule has 3 aromatic rings. The van der Waals surface area contributed by atoms with Crippen LogP contribution in [-0.2, 0) is 14.0 Å². The SMILES string of the molecule is CCC/C(=C\c1ccccc1O)CC[C@@H](O)C1=C(CO[Si](c2ccccc2)(c2ccccc2)C(C)(C)C)C[C@H]2C(=O)N(C3CCCCC3)C(=O)[C@H]2[C@H]1CO. The Labute approximate surface area is 322 Å². The van der Waals surface area contributed by atoms with E-state index in [0.29, 0.717) is 24.8 Å². The molecule has 288 valence electrons. The Morgan fingerprint density at radius 1 is 0.889 bits per heavy atom. The third kappa shape index (κ3) is 7.94. The van der Waals surface area contributed by atoms with Crippen molar-refractivity contribution >= 4 is 36.6 Å². The number of nitrogens with zero attached hydrogens (tertiary/aromatic N) is 1. The molecule has 2 aliphatic carbocycles. The molecule has 0 unspecified atom stereocenters. The molecule has 1 saturated carbocycles. The smallest absolute Gasteiger partial charge is 0.261 e. The van der Waals surface area contributed by atoms with Crippen LogP contribution in [0.15, 0.2) is 102 Å². The zero-order valence-corrected chi connectivity index (χ0v) is 33.5. The number of carbonyl (C=O) groups excluding carboxylic acids is 2. The molecule has 1 saturated heterocycles. The van der Waals surface area contributed by atoms with Gasteiger partial charge < -0.3 is 19.7 Å². The van der Waals surface area contributed by atoms with Crippen LogP contribution >= 0.6 is 0 Å². The second kappa shape index (κ2) is 17.3. The summed E-state index contributed by atoms with van der Waals surface area (Å²) in [5, 5.41) is 35.9. The number of benzene rings is 3. The highest BCUT2D eigenvalue weighted by Crippen LogP contribution is 2.48. The van der Waals surface area contributed by atoms with Crippen LogP contribution < -0.4 is 10.4 Å². The number of phenols is 1. The van der Waals surface area contributed by atoms with E-state index in [9.17, 15) is 24.9 Å². The molecule has 3 aromatic carbocycles. The van der Waals surface area contributed by atoms with Crippen LogP contribution in [-0.4, -0.2) is 65.7 Å². The summed E-state index contributed by atoms with van der Waals surface area (Å²) in [5.41, 5.74) is 3.32. The minimum absolute atomic E-state index is 0.106. The average molecular weight is 750 g/mol. The minimum atomic E-state index is -3.00. The van der Waals surface area contributed by atoms with Crippen molar-refractivity contribution in [3.63, 3.8) is 0 Å². The van der Waals surface area contributed by atoms with Crippen molar-refractivity contribution in [1.82, 2.24) is 4.90 Å². The van der Waals surface area contributed by atoms with Gasteiger partial charge in [-0.05, 0) is 71.1 Å². The standard InChI is InChI=1S/C46H59NO6Si/c1-5-17-32(28-33-18-15-16-25-40(33)49)26-27-41(50)42-34(29-38-43(39(42)30-48)45(52)47(44(38)51)35-19-9-6-10-20-35)31-53-54(46(2,3)4,36-21-11-7-12-22-36)37-23-13-8-14-24-37/h7-8,11-16,18,21-25,28,35,38-39,41,43,48-50H,5-6,9-10,17,19-20,26-27,29-31H2,1-4H3/b32-28+/t38-,39+,41-,43-/m1/s1. The third-order valence-electron chi connectivity index (χ3n) is 12.2. The maximum atomic E-state index is 14.3. The number of carbonyl (C=O) groups is 2. The van der Waals surface area contributed by atoms with Crippen LogP contribution in [0.1, 0.15) is 97.5 Å². The van der Waals surface area contributed by atoms with E-state index in [2.05, 4.69) is 76.2 Å². The number of amides is 2. The van der Waals surface area contributed by atoms with E-state index in [1.165, 1.54) is 0 Å². The monoisotopic (exact) mass is 749 g/mol. The Morgan fingerprint density at radius 2 is 1.50 bits per heavy atom. The van der Waals surface area contributed by atoms with Crippen molar-refractivity contribution < 1.29 is 29.3 Å². The zero-order chi connectivity index (χ0) is 38.5. The maximum Gasteiger partial charge on any atom is 0.261 e. The van der Waals surface area contributed by atoms with Crippen molar-refractivity contribution in [2.24, 2.45) is 17.8 Å². The van der Waals surface area contributed by atoms with Gasteiger partial charge in [-0.2, -0.15) is 0 Å². The molecule has 1 heterocycles. The number of likely N-dealkylation sites (tertiary alicyclic amines) is 1. The topological polar surface area (TPSA) is 107 Å². The Bertz CT molecular complexity index is 1770. The van der Waals surface area contributed by atoms with Gasteiger partial charge in [0.15, 0.2) is 0 Å². The quantitative estimate of drug-likeness (QED) is 0.0894. The number of fused-ring (bicyclic) bond motifs is 1. The summed E-state index contributed by atoms with van der Waals surface area (Å²) in [7, 11) is -3.00. The van der Waals surface area contributed by atoms with Gasteiger partial charge in [0.1, 0.15) is 5.75 Å². The molecule has 6 rings (SSSR count). The van der Waals surface area contributed by atoms with Crippen LogP contribution in [0.4, 0.5) is 0 Å². The summed E-state index contributed by atoms with van der Waals surface area (Å²) in [6, 6.07) is 28.0. The number of aliphatic hydroxyl groups excluding tert-OH is 2. The fourth-order valence-corrected chi connectivity index (χ4v) is 14.2. The number of allylic oxidation sites excluding steroid dienone is 1. The van der Waals surface area contributed by atoms with Crippen molar-refractivity contribution in [1.29, 1.82) is 0 Å². The van der Waals surface area contributed by atoms with Gasteiger partial charge in [-0.15, -0.1) is 0 Å². The highest BCUT2D eigenvalue weighted by molar-refractivity contribution is 6.99. The number of phenolic OH excluding ortho intramolecular Hbond substituents is 1. The summed E-state index contributed by atoms with van der Waals surface area (Å²) in [4.78, 5) is 30.2. The lowest BCUT2D eigenvalue weighted by molar-refractivity contribution is -0.143. The Kier molecular flexibility index (Phi) is 12.8. The number of aromatic hydroxyl groups is 1. The van der Waals surface area contributed by atoms with Gasteiger partial charge in [0.25, 0.3) is 8.32 Å². The summed E-state index contributed by atoms with van der Waals surface area (Å²) in [6.07, 6.45) is 8.76. The number of aliphatic hydroxyl groups is 2. The van der Waals surface area contributed by atoms with E-state index in [0.717, 1.165) is 72.0 Å². The van der Waals surface area contributed by atoms with E-state index in [1.54, 1.807) is 17.0 Å². The molecule has 0 radical (unpaired) electrons. The van der Waals surface area contributed by atoms with Crippen molar-refractivity contribution in [2.75, 3.05) is 13.2 Å². The molecule has 8 heteroatoms. The number of imide groups is 1.